The van der Waals surface area contributed by atoms with Crippen LogP contribution in [0, 0.1) is 0 Å². The van der Waals surface area contributed by atoms with Gasteiger partial charge in [-0.1, -0.05) is 83.4 Å². The van der Waals surface area contributed by atoms with E-state index in [9.17, 15) is 15.0 Å². The first-order valence-corrected chi connectivity index (χ1v) is 11.8. The summed E-state index contributed by atoms with van der Waals surface area (Å²) in [5, 5.41) is 27.6. The van der Waals surface area contributed by atoms with E-state index in [2.05, 4.69) is 32.4 Å². The molecule has 3 aromatic carbocycles. The molecular formula is C30H38O5. The van der Waals surface area contributed by atoms with Gasteiger partial charge >= 0.3 is 5.97 Å². The molecule has 0 aliphatic rings. The number of carbonyl (C=O) groups excluding carboxylic acids is 1. The summed E-state index contributed by atoms with van der Waals surface area (Å²) >= 11 is 0. The van der Waals surface area contributed by atoms with E-state index in [1.165, 1.54) is 32.4 Å². The SMILES string of the molecule is CC(C)(c1ccc(O)cc1)c1ccc(O)cc1.CCCCC.COC(=O)/C=C/c1ccc(O)cc1. The van der Waals surface area contributed by atoms with E-state index < -0.39 is 5.97 Å². The zero-order valence-electron chi connectivity index (χ0n) is 21.4. The quantitative estimate of drug-likeness (QED) is 0.258. The Balaban J connectivity index is 0.000000302. The summed E-state index contributed by atoms with van der Waals surface area (Å²) in [6.45, 7) is 8.66. The predicted octanol–water partition coefficient (Wildman–Crippen LogP) is 7.20. The first-order chi connectivity index (χ1) is 16.6. The number of carbonyl (C=O) groups is 1. The van der Waals surface area contributed by atoms with Crippen LogP contribution in [0.1, 0.15) is 63.6 Å². The molecule has 0 aliphatic carbocycles. The number of phenolic OH excluding ortho intramolecular Hbond substituents is 3. The molecule has 35 heavy (non-hydrogen) atoms. The van der Waals surface area contributed by atoms with Crippen LogP contribution in [0.4, 0.5) is 0 Å². The van der Waals surface area contributed by atoms with Gasteiger partial charge in [-0.25, -0.2) is 4.79 Å². The minimum absolute atomic E-state index is 0.151. The number of hydrogen-bond acceptors (Lipinski definition) is 5. The Bertz CT molecular complexity index is 968. The van der Waals surface area contributed by atoms with Gasteiger partial charge in [-0.05, 0) is 59.2 Å². The summed E-state index contributed by atoms with van der Waals surface area (Å²) in [4.78, 5) is 10.7. The van der Waals surface area contributed by atoms with Crippen molar-refractivity contribution in [3.63, 3.8) is 0 Å². The van der Waals surface area contributed by atoms with Gasteiger partial charge in [-0.15, -0.1) is 0 Å². The van der Waals surface area contributed by atoms with Gasteiger partial charge in [0, 0.05) is 11.5 Å². The molecule has 188 valence electrons. The molecule has 5 nitrogen and oxygen atoms in total. The highest BCUT2D eigenvalue weighted by Gasteiger charge is 2.22. The van der Waals surface area contributed by atoms with Crippen molar-refractivity contribution in [2.24, 2.45) is 0 Å². The van der Waals surface area contributed by atoms with E-state index >= 15 is 0 Å². The van der Waals surface area contributed by atoms with Crippen LogP contribution in [-0.4, -0.2) is 28.4 Å². The van der Waals surface area contributed by atoms with Gasteiger partial charge in [0.25, 0.3) is 0 Å². The molecule has 3 N–H and O–H groups in total. The second kappa shape index (κ2) is 15.2. The van der Waals surface area contributed by atoms with Gasteiger partial charge < -0.3 is 20.1 Å². The highest BCUT2D eigenvalue weighted by Crippen LogP contribution is 2.32. The third-order valence-corrected chi connectivity index (χ3v) is 5.39. The van der Waals surface area contributed by atoms with Gasteiger partial charge in [0.05, 0.1) is 7.11 Å². The molecule has 0 aliphatic heterocycles. The highest BCUT2D eigenvalue weighted by molar-refractivity contribution is 5.86. The van der Waals surface area contributed by atoms with Crippen molar-refractivity contribution in [2.45, 2.75) is 52.4 Å². The summed E-state index contributed by atoms with van der Waals surface area (Å²) in [6, 6.07) is 21.0. The molecule has 0 heterocycles. The molecule has 0 unspecified atom stereocenters. The van der Waals surface area contributed by atoms with Crippen molar-refractivity contribution in [3.05, 3.63) is 95.6 Å². The minimum atomic E-state index is -0.395. The lowest BCUT2D eigenvalue weighted by Crippen LogP contribution is -2.18. The van der Waals surface area contributed by atoms with Crippen LogP contribution in [0.3, 0.4) is 0 Å². The van der Waals surface area contributed by atoms with Crippen LogP contribution in [0.15, 0.2) is 78.9 Å². The first-order valence-electron chi connectivity index (χ1n) is 11.8. The second-order valence-electron chi connectivity index (χ2n) is 8.52. The van der Waals surface area contributed by atoms with Gasteiger partial charge in [0.1, 0.15) is 17.2 Å². The van der Waals surface area contributed by atoms with E-state index in [-0.39, 0.29) is 22.7 Å². The molecule has 0 atom stereocenters. The van der Waals surface area contributed by atoms with Gasteiger partial charge in [-0.2, -0.15) is 0 Å². The Kier molecular flexibility index (Phi) is 12.7. The summed E-state index contributed by atoms with van der Waals surface area (Å²) in [5.74, 6) is 0.355. The van der Waals surface area contributed by atoms with E-state index in [4.69, 9.17) is 5.11 Å². The fourth-order valence-corrected chi connectivity index (χ4v) is 3.09. The lowest BCUT2D eigenvalue weighted by atomic mass is 9.78. The van der Waals surface area contributed by atoms with Crippen molar-refractivity contribution in [1.82, 2.24) is 0 Å². The molecule has 0 spiro atoms. The number of benzene rings is 3. The van der Waals surface area contributed by atoms with E-state index in [0.717, 1.165) is 16.7 Å². The molecule has 0 amide bonds. The van der Waals surface area contributed by atoms with E-state index in [0.29, 0.717) is 0 Å². The molecule has 3 aromatic rings. The number of esters is 1. The maximum atomic E-state index is 10.7. The van der Waals surface area contributed by atoms with Crippen LogP contribution in [-0.2, 0) is 14.9 Å². The Morgan fingerprint density at radius 2 is 1.11 bits per heavy atom. The largest absolute Gasteiger partial charge is 0.508 e. The van der Waals surface area contributed by atoms with Crippen LogP contribution in [0.25, 0.3) is 6.08 Å². The third-order valence-electron chi connectivity index (χ3n) is 5.39. The second-order valence-corrected chi connectivity index (χ2v) is 8.52. The average molecular weight is 479 g/mol. The number of methoxy groups -OCH3 is 1. The highest BCUT2D eigenvalue weighted by atomic mass is 16.5. The van der Waals surface area contributed by atoms with Crippen LogP contribution >= 0.6 is 0 Å². The number of rotatable bonds is 6. The van der Waals surface area contributed by atoms with Gasteiger partial charge in [0.15, 0.2) is 0 Å². The molecular weight excluding hydrogens is 440 g/mol. The van der Waals surface area contributed by atoms with E-state index in [1.807, 2.05) is 24.3 Å². The van der Waals surface area contributed by atoms with E-state index in [1.54, 1.807) is 54.6 Å². The van der Waals surface area contributed by atoms with Crippen molar-refractivity contribution >= 4 is 12.0 Å². The summed E-state index contributed by atoms with van der Waals surface area (Å²) in [7, 11) is 1.32. The monoisotopic (exact) mass is 478 g/mol. The summed E-state index contributed by atoms with van der Waals surface area (Å²) in [6.07, 6.45) is 7.02. The Morgan fingerprint density at radius 1 is 0.743 bits per heavy atom. The Labute approximate surface area is 209 Å². The van der Waals surface area contributed by atoms with Crippen LogP contribution in [0.2, 0.25) is 0 Å². The van der Waals surface area contributed by atoms with Crippen LogP contribution in [0.5, 0.6) is 17.2 Å². The average Bonchev–Trinajstić information content (AvgIpc) is 2.85. The maximum absolute atomic E-state index is 10.7. The van der Waals surface area contributed by atoms with Crippen molar-refractivity contribution in [1.29, 1.82) is 0 Å². The minimum Gasteiger partial charge on any atom is -0.508 e. The standard InChI is InChI=1S/C15H16O2.C10H10O3.C5H12/c1-15(2,11-3-7-13(16)8-4-11)12-5-9-14(17)10-6-12;1-13-10(12)7-4-8-2-5-9(11)6-3-8;1-3-5-4-2/h3-10,16-17H,1-2H3;2-7,11H,1H3;3-5H2,1-2H3/b;7-4+;. The number of phenols is 3. The number of hydrogen-bond donors (Lipinski definition) is 3. The molecule has 0 bridgehead atoms. The Hall–Kier alpha value is -3.73. The van der Waals surface area contributed by atoms with Gasteiger partial charge in [-0.3, -0.25) is 0 Å². The van der Waals surface area contributed by atoms with Crippen molar-refractivity contribution in [3.8, 4) is 17.2 Å². The fourth-order valence-electron chi connectivity index (χ4n) is 3.09. The third kappa shape index (κ3) is 10.8. The molecule has 0 saturated carbocycles. The number of aromatic hydroxyl groups is 3. The number of ether oxygens (including phenoxy) is 1. The zero-order valence-corrected chi connectivity index (χ0v) is 21.4. The predicted molar refractivity (Wildman–Crippen MR) is 143 cm³/mol. The topological polar surface area (TPSA) is 87.0 Å². The molecule has 0 saturated heterocycles. The molecule has 5 heteroatoms. The molecule has 0 aromatic heterocycles. The molecule has 3 rings (SSSR count). The van der Waals surface area contributed by atoms with Crippen LogP contribution < -0.4 is 0 Å². The fraction of sp³-hybridized carbons (Fsp3) is 0.300. The maximum Gasteiger partial charge on any atom is 0.330 e. The number of unbranched alkanes of at least 4 members (excludes halogenated alkanes) is 2. The van der Waals surface area contributed by atoms with Crippen molar-refractivity contribution in [2.75, 3.05) is 7.11 Å². The molecule has 0 fully saturated rings. The lowest BCUT2D eigenvalue weighted by molar-refractivity contribution is -0.134. The lowest BCUT2D eigenvalue weighted by Gasteiger charge is -2.26. The zero-order chi connectivity index (χ0) is 26.3. The Morgan fingerprint density at radius 3 is 1.43 bits per heavy atom. The van der Waals surface area contributed by atoms with Gasteiger partial charge in [0.2, 0.25) is 0 Å². The smallest absolute Gasteiger partial charge is 0.330 e. The normalized spacial score (nSPS) is 10.5. The van der Waals surface area contributed by atoms with Crippen molar-refractivity contribution < 1.29 is 24.9 Å². The first kappa shape index (κ1) is 29.3. The molecule has 0 radical (unpaired) electrons. The summed E-state index contributed by atoms with van der Waals surface area (Å²) < 4.78 is 4.42. The summed E-state index contributed by atoms with van der Waals surface area (Å²) in [5.41, 5.74) is 2.94.